The minimum atomic E-state index is -0.0368. The average molecular weight is 164 g/mol. The Morgan fingerprint density at radius 2 is 2.08 bits per heavy atom. The van der Waals surface area contributed by atoms with E-state index >= 15 is 0 Å². The number of rotatable bonds is 3. The van der Waals surface area contributed by atoms with Crippen LogP contribution >= 0.6 is 0 Å². The molecule has 0 heterocycles. The summed E-state index contributed by atoms with van der Waals surface area (Å²) < 4.78 is 0. The third-order valence-electron chi connectivity index (χ3n) is 1.45. The lowest BCUT2D eigenvalue weighted by molar-refractivity contribution is -0.110. The van der Waals surface area contributed by atoms with Crippen LogP contribution in [0.1, 0.15) is 40.0 Å². The third-order valence-corrected chi connectivity index (χ3v) is 1.45. The SMILES string of the molecule is CC/C=C(\C)C(=O)C#CCCC. The first-order valence-electron chi connectivity index (χ1n) is 4.42. The van der Waals surface area contributed by atoms with E-state index in [-0.39, 0.29) is 5.78 Å². The van der Waals surface area contributed by atoms with Gasteiger partial charge in [0, 0.05) is 12.0 Å². The van der Waals surface area contributed by atoms with E-state index in [4.69, 9.17) is 0 Å². The fraction of sp³-hybridized carbons (Fsp3) is 0.545. The zero-order valence-corrected chi connectivity index (χ0v) is 8.11. The van der Waals surface area contributed by atoms with Crippen molar-refractivity contribution in [1.82, 2.24) is 0 Å². The molecule has 0 saturated carbocycles. The summed E-state index contributed by atoms with van der Waals surface area (Å²) in [4.78, 5) is 11.2. The molecule has 0 N–H and O–H groups in total. The van der Waals surface area contributed by atoms with Crippen LogP contribution in [0.5, 0.6) is 0 Å². The zero-order valence-electron chi connectivity index (χ0n) is 8.11. The van der Waals surface area contributed by atoms with Gasteiger partial charge in [0.15, 0.2) is 0 Å². The van der Waals surface area contributed by atoms with Gasteiger partial charge in [-0.1, -0.05) is 25.8 Å². The Kier molecular flexibility index (Phi) is 6.09. The van der Waals surface area contributed by atoms with E-state index in [1.54, 1.807) is 0 Å². The van der Waals surface area contributed by atoms with E-state index < -0.39 is 0 Å². The van der Waals surface area contributed by atoms with Crippen LogP contribution in [-0.2, 0) is 4.79 Å². The highest BCUT2D eigenvalue weighted by atomic mass is 16.1. The maximum absolute atomic E-state index is 11.2. The summed E-state index contributed by atoms with van der Waals surface area (Å²) in [6, 6.07) is 0. The summed E-state index contributed by atoms with van der Waals surface area (Å²) in [6.07, 6.45) is 4.62. The van der Waals surface area contributed by atoms with Crippen molar-refractivity contribution in [3.05, 3.63) is 11.6 Å². The molecule has 0 rings (SSSR count). The van der Waals surface area contributed by atoms with Crippen molar-refractivity contribution in [1.29, 1.82) is 0 Å². The number of hydrogen-bond donors (Lipinski definition) is 0. The number of carbonyl (C=O) groups is 1. The van der Waals surface area contributed by atoms with Crippen LogP contribution in [0.3, 0.4) is 0 Å². The van der Waals surface area contributed by atoms with E-state index in [9.17, 15) is 4.79 Å². The van der Waals surface area contributed by atoms with E-state index in [1.165, 1.54) is 0 Å². The van der Waals surface area contributed by atoms with Crippen molar-refractivity contribution in [3.63, 3.8) is 0 Å². The van der Waals surface area contributed by atoms with Gasteiger partial charge >= 0.3 is 0 Å². The summed E-state index contributed by atoms with van der Waals surface area (Å²) in [7, 11) is 0. The fourth-order valence-electron chi connectivity index (χ4n) is 0.765. The number of allylic oxidation sites excluding steroid dienone is 2. The second-order valence-electron chi connectivity index (χ2n) is 2.68. The minimum Gasteiger partial charge on any atom is -0.280 e. The molecule has 0 fully saturated rings. The van der Waals surface area contributed by atoms with Crippen molar-refractivity contribution < 1.29 is 4.79 Å². The van der Waals surface area contributed by atoms with Crippen molar-refractivity contribution >= 4 is 5.78 Å². The summed E-state index contributed by atoms with van der Waals surface area (Å²) in [5, 5.41) is 0. The monoisotopic (exact) mass is 164 g/mol. The fourth-order valence-corrected chi connectivity index (χ4v) is 0.765. The molecule has 0 spiro atoms. The number of ketones is 1. The minimum absolute atomic E-state index is 0.0368. The summed E-state index contributed by atoms with van der Waals surface area (Å²) in [5.41, 5.74) is 0.765. The molecule has 0 aromatic carbocycles. The molecule has 0 aliphatic rings. The van der Waals surface area contributed by atoms with Crippen molar-refractivity contribution in [2.45, 2.75) is 40.0 Å². The highest BCUT2D eigenvalue weighted by Gasteiger charge is 1.96. The molecule has 0 saturated heterocycles. The van der Waals surface area contributed by atoms with Crippen LogP contribution in [0.15, 0.2) is 11.6 Å². The molecule has 0 bridgehead atoms. The lowest BCUT2D eigenvalue weighted by Gasteiger charge is -1.89. The maximum atomic E-state index is 11.2. The van der Waals surface area contributed by atoms with Crippen LogP contribution in [-0.4, -0.2) is 5.78 Å². The van der Waals surface area contributed by atoms with Crippen LogP contribution < -0.4 is 0 Å². The molecule has 0 amide bonds. The number of Topliss-reactive ketones (excluding diaryl/α,β-unsaturated/α-hetero) is 1. The van der Waals surface area contributed by atoms with Crippen LogP contribution in [0, 0.1) is 11.8 Å². The molecule has 0 unspecified atom stereocenters. The molecule has 0 aliphatic carbocycles. The average Bonchev–Trinajstić information content (AvgIpc) is 2.05. The quantitative estimate of drug-likeness (QED) is 0.356. The van der Waals surface area contributed by atoms with Gasteiger partial charge in [-0.05, 0) is 25.7 Å². The molecule has 0 aromatic rings. The van der Waals surface area contributed by atoms with E-state index in [0.717, 1.165) is 24.8 Å². The molecule has 0 aromatic heterocycles. The largest absolute Gasteiger partial charge is 0.280 e. The molecule has 1 heteroatoms. The van der Waals surface area contributed by atoms with Gasteiger partial charge in [-0.15, -0.1) is 0 Å². The Hall–Kier alpha value is -1.03. The highest BCUT2D eigenvalue weighted by molar-refractivity contribution is 6.08. The van der Waals surface area contributed by atoms with Gasteiger partial charge in [0.1, 0.15) is 0 Å². The second-order valence-corrected chi connectivity index (χ2v) is 2.68. The molecule has 1 nitrogen and oxygen atoms in total. The predicted molar refractivity (Wildman–Crippen MR) is 51.7 cm³/mol. The standard InChI is InChI=1S/C11H16O/c1-4-6-7-9-11(12)10(3)8-5-2/h8H,4-6H2,1-3H3/b10-8+. The molecule has 0 atom stereocenters. The predicted octanol–water partition coefficient (Wildman–Crippen LogP) is 2.72. The summed E-state index contributed by atoms with van der Waals surface area (Å²) in [6.45, 7) is 5.87. The van der Waals surface area contributed by atoms with E-state index in [2.05, 4.69) is 11.8 Å². The van der Waals surface area contributed by atoms with Gasteiger partial charge in [-0.25, -0.2) is 0 Å². The van der Waals surface area contributed by atoms with Gasteiger partial charge in [0.05, 0.1) is 0 Å². The Labute approximate surface area is 74.9 Å². The first kappa shape index (κ1) is 11.0. The van der Waals surface area contributed by atoms with Gasteiger partial charge in [-0.3, -0.25) is 4.79 Å². The van der Waals surface area contributed by atoms with Crippen molar-refractivity contribution in [3.8, 4) is 11.8 Å². The molecule has 0 aliphatic heterocycles. The number of hydrogen-bond acceptors (Lipinski definition) is 1. The molecular formula is C11H16O. The molecular weight excluding hydrogens is 148 g/mol. The van der Waals surface area contributed by atoms with Crippen LogP contribution in [0.4, 0.5) is 0 Å². The highest BCUT2D eigenvalue weighted by Crippen LogP contribution is 1.95. The van der Waals surface area contributed by atoms with E-state index in [0.29, 0.717) is 0 Å². The van der Waals surface area contributed by atoms with Gasteiger partial charge in [-0.2, -0.15) is 0 Å². The smallest absolute Gasteiger partial charge is 0.231 e. The molecule has 0 radical (unpaired) electrons. The lowest BCUT2D eigenvalue weighted by atomic mass is 10.1. The lowest BCUT2D eigenvalue weighted by Crippen LogP contribution is -1.94. The van der Waals surface area contributed by atoms with E-state index in [1.807, 2.05) is 26.8 Å². The Morgan fingerprint density at radius 3 is 2.58 bits per heavy atom. The topological polar surface area (TPSA) is 17.1 Å². The summed E-state index contributed by atoms with van der Waals surface area (Å²) >= 11 is 0. The maximum Gasteiger partial charge on any atom is 0.231 e. The van der Waals surface area contributed by atoms with Crippen LogP contribution in [0.25, 0.3) is 0 Å². The normalized spacial score (nSPS) is 10.4. The van der Waals surface area contributed by atoms with Crippen LogP contribution in [0.2, 0.25) is 0 Å². The Morgan fingerprint density at radius 1 is 1.42 bits per heavy atom. The van der Waals surface area contributed by atoms with Gasteiger partial charge < -0.3 is 0 Å². The van der Waals surface area contributed by atoms with Gasteiger partial charge in [0.25, 0.3) is 0 Å². The first-order chi connectivity index (χ1) is 5.72. The Balaban J connectivity index is 4.06. The number of unbranched alkanes of at least 4 members (excludes halogenated alkanes) is 1. The van der Waals surface area contributed by atoms with Gasteiger partial charge in [0.2, 0.25) is 5.78 Å². The number of carbonyl (C=O) groups excluding carboxylic acids is 1. The summed E-state index contributed by atoms with van der Waals surface area (Å²) in [5.74, 6) is 5.41. The third kappa shape index (κ3) is 4.73. The van der Waals surface area contributed by atoms with Crippen molar-refractivity contribution in [2.75, 3.05) is 0 Å². The first-order valence-corrected chi connectivity index (χ1v) is 4.42. The molecule has 66 valence electrons. The Bertz CT molecular complexity index is 225. The molecule has 12 heavy (non-hydrogen) atoms. The zero-order chi connectivity index (χ0) is 9.40. The second kappa shape index (κ2) is 6.67. The van der Waals surface area contributed by atoms with Crippen molar-refractivity contribution in [2.24, 2.45) is 0 Å².